The molecule has 0 fully saturated rings. The second-order valence-corrected chi connectivity index (χ2v) is 5.76. The number of nitrogens with zero attached hydrogens (tertiary/aromatic N) is 1. The average molecular weight is 328 g/mol. The first-order valence-electron chi connectivity index (χ1n) is 7.62. The van der Waals surface area contributed by atoms with Crippen molar-refractivity contribution in [2.75, 3.05) is 6.61 Å². The van der Waals surface area contributed by atoms with Gasteiger partial charge in [0.15, 0.2) is 0 Å². The smallest absolute Gasteiger partial charge is 0.272 e. The molecule has 0 heterocycles. The first-order valence-corrected chi connectivity index (χ1v) is 7.62. The molecule has 0 aliphatic rings. The standard InChI is InChI=1S/C18H20N2O4/c1-12-4-7-16(8-5-12)24-11-14(3)19-18(21)15-6-9-17(20(22)23)13(2)10-15/h4-10,14H,11H2,1-3H3,(H,19,21). The van der Waals surface area contributed by atoms with Crippen LogP contribution in [0.25, 0.3) is 0 Å². The molecule has 0 spiro atoms. The molecule has 0 aliphatic carbocycles. The number of aryl methyl sites for hydroxylation is 2. The number of nitrogens with one attached hydrogen (secondary N) is 1. The molecule has 126 valence electrons. The fourth-order valence-electron chi connectivity index (χ4n) is 2.21. The van der Waals surface area contributed by atoms with Gasteiger partial charge in [0.25, 0.3) is 11.6 Å². The van der Waals surface area contributed by atoms with E-state index in [9.17, 15) is 14.9 Å². The number of nitro benzene ring substituents is 1. The zero-order valence-corrected chi connectivity index (χ0v) is 13.9. The van der Waals surface area contributed by atoms with E-state index in [-0.39, 0.29) is 17.6 Å². The van der Waals surface area contributed by atoms with Gasteiger partial charge in [-0.15, -0.1) is 0 Å². The monoisotopic (exact) mass is 328 g/mol. The second kappa shape index (κ2) is 7.59. The molecule has 2 aromatic carbocycles. The van der Waals surface area contributed by atoms with Gasteiger partial charge in [0.2, 0.25) is 0 Å². The minimum atomic E-state index is -0.463. The number of carbonyl (C=O) groups is 1. The van der Waals surface area contributed by atoms with E-state index in [4.69, 9.17) is 4.74 Å². The van der Waals surface area contributed by atoms with Gasteiger partial charge in [-0.25, -0.2) is 0 Å². The summed E-state index contributed by atoms with van der Waals surface area (Å²) >= 11 is 0. The van der Waals surface area contributed by atoms with Crippen molar-refractivity contribution < 1.29 is 14.5 Å². The highest BCUT2D eigenvalue weighted by molar-refractivity contribution is 5.94. The predicted molar refractivity (Wildman–Crippen MR) is 91.4 cm³/mol. The third kappa shape index (κ3) is 4.55. The Morgan fingerprint density at radius 3 is 2.46 bits per heavy atom. The van der Waals surface area contributed by atoms with E-state index >= 15 is 0 Å². The fraction of sp³-hybridized carbons (Fsp3) is 0.278. The highest BCUT2D eigenvalue weighted by Gasteiger charge is 2.15. The molecule has 0 radical (unpaired) electrons. The zero-order valence-electron chi connectivity index (χ0n) is 13.9. The summed E-state index contributed by atoms with van der Waals surface area (Å²) in [5.74, 6) is 0.459. The molecule has 0 saturated carbocycles. The Morgan fingerprint density at radius 1 is 1.21 bits per heavy atom. The van der Waals surface area contributed by atoms with Crippen molar-refractivity contribution >= 4 is 11.6 Å². The first kappa shape index (κ1) is 17.5. The van der Waals surface area contributed by atoms with Crippen LogP contribution in [0.1, 0.15) is 28.4 Å². The summed E-state index contributed by atoms with van der Waals surface area (Å²) in [5.41, 5.74) is 2.00. The van der Waals surface area contributed by atoms with Crippen molar-refractivity contribution in [1.82, 2.24) is 5.32 Å². The molecule has 1 atom stereocenters. The number of amides is 1. The Bertz CT molecular complexity index is 741. The third-order valence-corrected chi connectivity index (χ3v) is 3.55. The van der Waals surface area contributed by atoms with Crippen LogP contribution in [0.4, 0.5) is 5.69 Å². The molecule has 1 N–H and O–H groups in total. The lowest BCUT2D eigenvalue weighted by atomic mass is 10.1. The summed E-state index contributed by atoms with van der Waals surface area (Å²) < 4.78 is 5.63. The lowest BCUT2D eigenvalue weighted by Gasteiger charge is -2.15. The summed E-state index contributed by atoms with van der Waals surface area (Å²) in [6.45, 7) is 5.78. The Balaban J connectivity index is 1.92. The van der Waals surface area contributed by atoms with Crippen LogP contribution < -0.4 is 10.1 Å². The molecule has 0 saturated heterocycles. The quantitative estimate of drug-likeness (QED) is 0.651. The van der Waals surface area contributed by atoms with E-state index in [1.807, 2.05) is 38.1 Å². The first-order chi connectivity index (χ1) is 11.4. The number of hydrogen-bond donors (Lipinski definition) is 1. The third-order valence-electron chi connectivity index (χ3n) is 3.55. The molecule has 1 amide bonds. The van der Waals surface area contributed by atoms with Gasteiger partial charge in [-0.3, -0.25) is 14.9 Å². The van der Waals surface area contributed by atoms with Crippen LogP contribution in [0.5, 0.6) is 5.75 Å². The van der Waals surface area contributed by atoms with E-state index in [0.717, 1.165) is 11.3 Å². The van der Waals surface area contributed by atoms with Crippen molar-refractivity contribution in [3.05, 3.63) is 69.3 Å². The second-order valence-electron chi connectivity index (χ2n) is 5.76. The molecule has 24 heavy (non-hydrogen) atoms. The van der Waals surface area contributed by atoms with Crippen LogP contribution in [-0.4, -0.2) is 23.5 Å². The van der Waals surface area contributed by atoms with Gasteiger partial charge in [-0.2, -0.15) is 0 Å². The van der Waals surface area contributed by atoms with E-state index in [1.54, 1.807) is 6.92 Å². The fourth-order valence-corrected chi connectivity index (χ4v) is 2.21. The molecule has 1 unspecified atom stereocenters. The highest BCUT2D eigenvalue weighted by atomic mass is 16.6. The van der Waals surface area contributed by atoms with Crippen molar-refractivity contribution in [2.45, 2.75) is 26.8 Å². The number of hydrogen-bond acceptors (Lipinski definition) is 4. The summed E-state index contributed by atoms with van der Waals surface area (Å²) in [6, 6.07) is 11.8. The highest BCUT2D eigenvalue weighted by Crippen LogP contribution is 2.18. The van der Waals surface area contributed by atoms with E-state index in [1.165, 1.54) is 18.2 Å². The summed E-state index contributed by atoms with van der Waals surface area (Å²) in [6.07, 6.45) is 0. The van der Waals surface area contributed by atoms with Crippen LogP contribution in [-0.2, 0) is 0 Å². The minimum absolute atomic E-state index is 0.00213. The molecule has 2 aromatic rings. The molecule has 6 nitrogen and oxygen atoms in total. The average Bonchev–Trinajstić information content (AvgIpc) is 2.53. The van der Waals surface area contributed by atoms with Crippen molar-refractivity contribution in [3.63, 3.8) is 0 Å². The van der Waals surface area contributed by atoms with Crippen molar-refractivity contribution in [2.24, 2.45) is 0 Å². The Kier molecular flexibility index (Phi) is 5.52. The van der Waals surface area contributed by atoms with Gasteiger partial charge in [0.05, 0.1) is 11.0 Å². The maximum Gasteiger partial charge on any atom is 0.272 e. The SMILES string of the molecule is Cc1ccc(OCC(C)NC(=O)c2ccc([N+](=O)[O-])c(C)c2)cc1. The molecule has 2 rings (SSSR count). The maximum atomic E-state index is 12.2. The van der Waals surface area contributed by atoms with Gasteiger partial charge >= 0.3 is 0 Å². The predicted octanol–water partition coefficient (Wildman–Crippen LogP) is 3.41. The molecule has 0 bridgehead atoms. The lowest BCUT2D eigenvalue weighted by Crippen LogP contribution is -2.36. The number of ether oxygens (including phenoxy) is 1. The van der Waals surface area contributed by atoms with Crippen LogP contribution in [0, 0.1) is 24.0 Å². The Hall–Kier alpha value is -2.89. The van der Waals surface area contributed by atoms with Crippen LogP contribution in [0.15, 0.2) is 42.5 Å². The van der Waals surface area contributed by atoms with Crippen molar-refractivity contribution in [1.29, 1.82) is 0 Å². The lowest BCUT2D eigenvalue weighted by molar-refractivity contribution is -0.385. The number of rotatable bonds is 6. The number of carbonyl (C=O) groups excluding carboxylic acids is 1. The van der Waals surface area contributed by atoms with Crippen LogP contribution in [0.2, 0.25) is 0 Å². The maximum absolute atomic E-state index is 12.2. The van der Waals surface area contributed by atoms with Crippen LogP contribution >= 0.6 is 0 Å². The molecule has 0 aromatic heterocycles. The van der Waals surface area contributed by atoms with Gasteiger partial charge in [0, 0.05) is 17.2 Å². The van der Waals surface area contributed by atoms with Gasteiger partial charge in [-0.05, 0) is 45.0 Å². The molecular weight excluding hydrogens is 308 g/mol. The largest absolute Gasteiger partial charge is 0.491 e. The normalized spacial score (nSPS) is 11.6. The molecule has 6 heteroatoms. The van der Waals surface area contributed by atoms with E-state index in [0.29, 0.717) is 17.7 Å². The van der Waals surface area contributed by atoms with Gasteiger partial charge < -0.3 is 10.1 Å². The van der Waals surface area contributed by atoms with E-state index < -0.39 is 4.92 Å². The number of benzene rings is 2. The Labute approximate surface area is 140 Å². The molecule has 0 aliphatic heterocycles. The summed E-state index contributed by atoms with van der Waals surface area (Å²) in [4.78, 5) is 22.6. The van der Waals surface area contributed by atoms with Gasteiger partial charge in [-0.1, -0.05) is 17.7 Å². The van der Waals surface area contributed by atoms with Crippen molar-refractivity contribution in [3.8, 4) is 5.75 Å². The van der Waals surface area contributed by atoms with Crippen LogP contribution in [0.3, 0.4) is 0 Å². The topological polar surface area (TPSA) is 81.5 Å². The Morgan fingerprint density at radius 2 is 1.88 bits per heavy atom. The zero-order chi connectivity index (χ0) is 17.7. The summed E-state index contributed by atoms with van der Waals surface area (Å²) in [5, 5.41) is 13.6. The summed E-state index contributed by atoms with van der Waals surface area (Å²) in [7, 11) is 0. The van der Waals surface area contributed by atoms with Gasteiger partial charge in [0.1, 0.15) is 12.4 Å². The molecular formula is C18H20N2O4. The van der Waals surface area contributed by atoms with E-state index in [2.05, 4.69) is 5.32 Å². The number of nitro groups is 1. The minimum Gasteiger partial charge on any atom is -0.491 e.